The maximum Gasteiger partial charge on any atom is 0.227 e. The average Bonchev–Trinajstić information content (AvgIpc) is 3.16. The zero-order chi connectivity index (χ0) is 15.5. The second-order valence-corrected chi connectivity index (χ2v) is 5.68. The Bertz CT molecular complexity index is 711. The predicted octanol–water partition coefficient (Wildman–Crippen LogP) is 2.20. The van der Waals surface area contributed by atoms with Gasteiger partial charge in [-0.05, 0) is 30.5 Å². The standard InChI is InChI=1S/C17H18N4O/c1-20-12-15(11-19-20)16-3-2-8-21(16)17(22)9-13-4-6-14(10-18)7-5-13/h4-7,11-12,16H,2-3,8-9H2,1H3/t16-/m0/s1. The second kappa shape index (κ2) is 6.02. The minimum atomic E-state index is 0.135. The third-order valence-corrected chi connectivity index (χ3v) is 4.12. The highest BCUT2D eigenvalue weighted by Crippen LogP contribution is 2.32. The Labute approximate surface area is 129 Å². The van der Waals surface area contributed by atoms with Crippen LogP contribution in [0.15, 0.2) is 36.7 Å². The van der Waals surface area contributed by atoms with Crippen LogP contribution in [0.2, 0.25) is 0 Å². The van der Waals surface area contributed by atoms with E-state index in [1.54, 1.807) is 16.8 Å². The van der Waals surface area contributed by atoms with Gasteiger partial charge in [0, 0.05) is 25.4 Å². The lowest BCUT2D eigenvalue weighted by Crippen LogP contribution is -2.31. The molecule has 1 aliphatic rings. The summed E-state index contributed by atoms with van der Waals surface area (Å²) in [7, 11) is 1.89. The Hall–Kier alpha value is -2.61. The lowest BCUT2D eigenvalue weighted by atomic mass is 10.1. The number of rotatable bonds is 3. The molecule has 1 fully saturated rings. The van der Waals surface area contributed by atoms with E-state index in [1.807, 2.05) is 36.5 Å². The summed E-state index contributed by atoms with van der Waals surface area (Å²) in [6.07, 6.45) is 6.22. The summed E-state index contributed by atoms with van der Waals surface area (Å²) in [6, 6.07) is 9.44. The number of nitrogens with zero attached hydrogens (tertiary/aromatic N) is 4. The highest BCUT2D eigenvalue weighted by Gasteiger charge is 2.30. The normalized spacial score (nSPS) is 17.5. The number of hydrogen-bond acceptors (Lipinski definition) is 3. The van der Waals surface area contributed by atoms with Crippen LogP contribution < -0.4 is 0 Å². The molecule has 0 radical (unpaired) electrons. The SMILES string of the molecule is Cn1cc([C@@H]2CCCN2C(=O)Cc2ccc(C#N)cc2)cn1. The zero-order valence-corrected chi connectivity index (χ0v) is 12.6. The van der Waals surface area contributed by atoms with Crippen molar-refractivity contribution in [2.75, 3.05) is 6.54 Å². The molecule has 0 bridgehead atoms. The highest BCUT2D eigenvalue weighted by atomic mass is 16.2. The van der Waals surface area contributed by atoms with Gasteiger partial charge in [0.05, 0.1) is 30.3 Å². The van der Waals surface area contributed by atoms with Gasteiger partial charge in [-0.25, -0.2) is 0 Å². The van der Waals surface area contributed by atoms with Crippen LogP contribution in [0.3, 0.4) is 0 Å². The van der Waals surface area contributed by atoms with Crippen LogP contribution in [0.5, 0.6) is 0 Å². The monoisotopic (exact) mass is 294 g/mol. The van der Waals surface area contributed by atoms with Crippen molar-refractivity contribution in [1.82, 2.24) is 14.7 Å². The Balaban J connectivity index is 1.72. The largest absolute Gasteiger partial charge is 0.335 e. The van der Waals surface area contributed by atoms with Gasteiger partial charge in [0.2, 0.25) is 5.91 Å². The predicted molar refractivity (Wildman–Crippen MR) is 81.8 cm³/mol. The number of likely N-dealkylation sites (tertiary alicyclic amines) is 1. The number of benzene rings is 1. The van der Waals surface area contributed by atoms with Crippen LogP contribution in [-0.2, 0) is 18.3 Å². The van der Waals surface area contributed by atoms with Crippen LogP contribution in [0.1, 0.15) is 35.6 Å². The van der Waals surface area contributed by atoms with Gasteiger partial charge in [-0.15, -0.1) is 0 Å². The molecule has 0 saturated carbocycles. The van der Waals surface area contributed by atoms with Gasteiger partial charge >= 0.3 is 0 Å². The number of aromatic nitrogens is 2. The fourth-order valence-corrected chi connectivity index (χ4v) is 3.00. The molecule has 5 heteroatoms. The molecule has 1 atom stereocenters. The zero-order valence-electron chi connectivity index (χ0n) is 12.6. The Morgan fingerprint density at radius 1 is 1.41 bits per heavy atom. The van der Waals surface area contributed by atoms with Crippen LogP contribution in [-0.4, -0.2) is 27.1 Å². The average molecular weight is 294 g/mol. The maximum atomic E-state index is 12.6. The molecule has 2 aromatic rings. The Morgan fingerprint density at radius 3 is 2.82 bits per heavy atom. The first-order valence-electron chi connectivity index (χ1n) is 7.44. The van der Waals surface area contributed by atoms with Gasteiger partial charge in [0.25, 0.3) is 0 Å². The highest BCUT2D eigenvalue weighted by molar-refractivity contribution is 5.79. The lowest BCUT2D eigenvalue weighted by Gasteiger charge is -2.24. The number of nitriles is 1. The first-order valence-corrected chi connectivity index (χ1v) is 7.44. The summed E-state index contributed by atoms with van der Waals surface area (Å²) >= 11 is 0. The first-order chi connectivity index (χ1) is 10.7. The molecule has 0 spiro atoms. The van der Waals surface area contributed by atoms with Gasteiger partial charge in [-0.1, -0.05) is 12.1 Å². The van der Waals surface area contributed by atoms with Gasteiger partial charge in [-0.2, -0.15) is 10.4 Å². The quantitative estimate of drug-likeness (QED) is 0.872. The summed E-state index contributed by atoms with van der Waals surface area (Å²) < 4.78 is 1.77. The number of carbonyl (C=O) groups excluding carboxylic acids is 1. The van der Waals surface area contributed by atoms with E-state index < -0.39 is 0 Å². The molecule has 1 amide bonds. The second-order valence-electron chi connectivity index (χ2n) is 5.68. The van der Waals surface area contributed by atoms with Crippen LogP contribution in [0.4, 0.5) is 0 Å². The molecule has 0 aliphatic carbocycles. The topological polar surface area (TPSA) is 61.9 Å². The first kappa shape index (κ1) is 14.3. The van der Waals surface area contributed by atoms with Gasteiger partial charge in [0.1, 0.15) is 0 Å². The fraction of sp³-hybridized carbons (Fsp3) is 0.353. The van der Waals surface area contributed by atoms with E-state index in [2.05, 4.69) is 11.2 Å². The van der Waals surface area contributed by atoms with Crippen molar-refractivity contribution in [3.05, 3.63) is 53.3 Å². The van der Waals surface area contributed by atoms with Crippen molar-refractivity contribution in [3.63, 3.8) is 0 Å². The minimum Gasteiger partial charge on any atom is -0.335 e. The van der Waals surface area contributed by atoms with E-state index in [0.717, 1.165) is 30.5 Å². The van der Waals surface area contributed by atoms with Crippen molar-refractivity contribution in [3.8, 4) is 6.07 Å². The van der Waals surface area contributed by atoms with Gasteiger partial charge < -0.3 is 4.90 Å². The number of aryl methyl sites for hydroxylation is 1. The molecule has 112 valence electrons. The maximum absolute atomic E-state index is 12.6. The van der Waals surface area contributed by atoms with Crippen molar-refractivity contribution < 1.29 is 4.79 Å². The van der Waals surface area contributed by atoms with E-state index >= 15 is 0 Å². The summed E-state index contributed by atoms with van der Waals surface area (Å²) in [5, 5.41) is 13.0. The molecule has 1 aliphatic heterocycles. The lowest BCUT2D eigenvalue weighted by molar-refractivity contribution is -0.131. The molecule has 5 nitrogen and oxygen atoms in total. The molecular formula is C17H18N4O. The third kappa shape index (κ3) is 2.86. The molecule has 3 rings (SSSR count). The summed E-state index contributed by atoms with van der Waals surface area (Å²) in [5.74, 6) is 0.135. The molecule has 2 heterocycles. The van der Waals surface area contributed by atoms with Crippen LogP contribution in [0.25, 0.3) is 0 Å². The van der Waals surface area contributed by atoms with E-state index in [4.69, 9.17) is 5.26 Å². The summed E-state index contributed by atoms with van der Waals surface area (Å²) in [4.78, 5) is 14.5. The molecule has 1 aromatic carbocycles. The van der Waals surface area contributed by atoms with Crippen molar-refractivity contribution in [2.24, 2.45) is 7.05 Å². The van der Waals surface area contributed by atoms with Crippen molar-refractivity contribution in [1.29, 1.82) is 5.26 Å². The molecular weight excluding hydrogens is 276 g/mol. The van der Waals surface area contributed by atoms with Crippen molar-refractivity contribution in [2.45, 2.75) is 25.3 Å². The summed E-state index contributed by atoms with van der Waals surface area (Å²) in [5.41, 5.74) is 2.67. The van der Waals surface area contributed by atoms with Gasteiger partial charge in [-0.3, -0.25) is 9.48 Å². The summed E-state index contributed by atoms with van der Waals surface area (Å²) in [6.45, 7) is 0.800. The van der Waals surface area contributed by atoms with E-state index in [1.165, 1.54) is 0 Å². The van der Waals surface area contributed by atoms with Crippen LogP contribution in [0, 0.1) is 11.3 Å². The van der Waals surface area contributed by atoms with Crippen LogP contribution >= 0.6 is 0 Å². The van der Waals surface area contributed by atoms with Gasteiger partial charge in [0.15, 0.2) is 0 Å². The smallest absolute Gasteiger partial charge is 0.227 e. The molecule has 1 saturated heterocycles. The molecule has 0 unspecified atom stereocenters. The van der Waals surface area contributed by atoms with E-state index in [0.29, 0.717) is 12.0 Å². The molecule has 22 heavy (non-hydrogen) atoms. The fourth-order valence-electron chi connectivity index (χ4n) is 3.00. The Morgan fingerprint density at radius 2 is 2.18 bits per heavy atom. The third-order valence-electron chi connectivity index (χ3n) is 4.12. The molecule has 0 N–H and O–H groups in total. The minimum absolute atomic E-state index is 0.135. The Kier molecular flexibility index (Phi) is 3.92. The van der Waals surface area contributed by atoms with E-state index in [-0.39, 0.29) is 11.9 Å². The number of carbonyl (C=O) groups is 1. The molecule has 1 aromatic heterocycles. The van der Waals surface area contributed by atoms with Crippen molar-refractivity contribution >= 4 is 5.91 Å². The number of hydrogen-bond donors (Lipinski definition) is 0. The number of amides is 1. The van der Waals surface area contributed by atoms with E-state index in [9.17, 15) is 4.79 Å².